The minimum atomic E-state index is 1.23. The third kappa shape index (κ3) is 8.90. The summed E-state index contributed by atoms with van der Waals surface area (Å²) < 4.78 is 0. The Balaban J connectivity index is 0.000000520. The van der Waals surface area contributed by atoms with Gasteiger partial charge in [-0.25, -0.2) is 0 Å². The molecule has 20 heavy (non-hydrogen) atoms. The monoisotopic (exact) mass is 264 g/mol. The van der Waals surface area contributed by atoms with Gasteiger partial charge in [-0.15, -0.1) is 0 Å². The van der Waals surface area contributed by atoms with Crippen LogP contribution in [-0.4, -0.2) is 0 Å². The lowest BCUT2D eigenvalue weighted by Crippen LogP contribution is -1.70. The van der Waals surface area contributed by atoms with Gasteiger partial charge in [0.25, 0.3) is 0 Å². The van der Waals surface area contributed by atoms with E-state index < -0.39 is 0 Å². The molecule has 0 saturated carbocycles. The molecule has 0 aliphatic heterocycles. The van der Waals surface area contributed by atoms with Gasteiger partial charge in [0.15, 0.2) is 0 Å². The number of hydrogen-bond donors (Lipinski definition) is 0. The average molecular weight is 264 g/mol. The van der Waals surface area contributed by atoms with Crippen LogP contribution in [0.4, 0.5) is 0 Å². The molecule has 0 aliphatic rings. The Bertz CT molecular complexity index is 512. The highest BCUT2D eigenvalue weighted by atomic mass is 15.0. The number of nitrogens with zero attached hydrogens (tertiary/aromatic N) is 6. The Kier molecular flexibility index (Phi) is 10.3. The molecule has 0 spiro atoms. The van der Waals surface area contributed by atoms with E-state index in [2.05, 4.69) is 36.4 Å². The smallest absolute Gasteiger partial charge is 0.0256 e. The van der Waals surface area contributed by atoms with E-state index in [9.17, 15) is 0 Å². The second-order valence-corrected chi connectivity index (χ2v) is 3.33. The predicted octanol–water partition coefficient (Wildman–Crippen LogP) is 5.59. The van der Waals surface area contributed by atoms with Crippen molar-refractivity contribution in [3.63, 3.8) is 0 Å². The van der Waals surface area contributed by atoms with Crippen molar-refractivity contribution in [1.82, 2.24) is 0 Å². The first-order valence-electron chi connectivity index (χ1n) is 5.53. The van der Waals surface area contributed by atoms with Crippen molar-refractivity contribution in [2.75, 3.05) is 0 Å². The van der Waals surface area contributed by atoms with Gasteiger partial charge in [-0.2, -0.15) is 0 Å². The minimum Gasteiger partial charge on any atom is -0.373 e. The Hall–Kier alpha value is -3.20. The highest BCUT2D eigenvalue weighted by Gasteiger charge is 1.84. The molecule has 0 bridgehead atoms. The molecule has 0 aromatic heterocycles. The van der Waals surface area contributed by atoms with E-state index in [0.29, 0.717) is 0 Å². The topological polar surface area (TPSA) is 117 Å². The van der Waals surface area contributed by atoms with Gasteiger partial charge in [0.2, 0.25) is 0 Å². The first-order chi connectivity index (χ1) is 9.78. The van der Waals surface area contributed by atoms with E-state index in [1.54, 1.807) is 0 Å². The molecule has 100 valence electrons. The summed E-state index contributed by atoms with van der Waals surface area (Å²) in [6, 6.07) is 20.6. The molecule has 0 radical (unpaired) electrons. The molecule has 2 rings (SSSR count). The van der Waals surface area contributed by atoms with Crippen molar-refractivity contribution in [3.8, 4) is 0 Å². The van der Waals surface area contributed by atoms with Gasteiger partial charge >= 0.3 is 0 Å². The van der Waals surface area contributed by atoms with Crippen LogP contribution in [0.3, 0.4) is 0 Å². The number of rotatable bonds is 2. The van der Waals surface area contributed by atoms with Crippen molar-refractivity contribution in [2.45, 2.75) is 0 Å². The summed E-state index contributed by atoms with van der Waals surface area (Å²) in [6.07, 6.45) is 4.24. The quantitative estimate of drug-likeness (QED) is 0.291. The summed E-state index contributed by atoms with van der Waals surface area (Å²) in [4.78, 5) is 3.00. The predicted molar refractivity (Wildman–Crippen MR) is 82.0 cm³/mol. The van der Waals surface area contributed by atoms with Crippen LogP contribution in [0.25, 0.3) is 44.1 Å². The second-order valence-electron chi connectivity index (χ2n) is 3.33. The molecule has 0 aliphatic carbocycles. The zero-order chi connectivity index (χ0) is 15.1. The molecule has 6 nitrogen and oxygen atoms in total. The minimum absolute atomic E-state index is 1.23. The Labute approximate surface area is 116 Å². The molecule has 0 fully saturated rings. The molecule has 0 heterocycles. The SMILES string of the molecule is C(=C\c1ccccc1)/c1ccccc1.[N-]=[N+]=[N-].[N-]=[N+]=[N-]. The van der Waals surface area contributed by atoms with Gasteiger partial charge in [-0.3, -0.25) is 9.82 Å². The van der Waals surface area contributed by atoms with Crippen LogP contribution < -0.4 is 0 Å². The maximum atomic E-state index is 6.75. The van der Waals surface area contributed by atoms with E-state index in [4.69, 9.17) is 22.1 Å². The van der Waals surface area contributed by atoms with Gasteiger partial charge < -0.3 is 22.1 Å². The van der Waals surface area contributed by atoms with Crippen LogP contribution in [0.5, 0.6) is 0 Å². The maximum absolute atomic E-state index is 6.75. The molecule has 0 amide bonds. The number of hydrogen-bond acceptors (Lipinski definition) is 0. The highest BCUT2D eigenvalue weighted by Crippen LogP contribution is 2.06. The molecule has 0 saturated heterocycles. The van der Waals surface area contributed by atoms with Gasteiger partial charge in [-0.05, 0) is 11.1 Å². The van der Waals surface area contributed by atoms with Crippen molar-refractivity contribution in [1.29, 1.82) is 0 Å². The third-order valence-corrected chi connectivity index (χ3v) is 2.07. The van der Waals surface area contributed by atoms with Gasteiger partial charge in [0.05, 0.1) is 0 Å². The first-order valence-corrected chi connectivity index (χ1v) is 5.53. The lowest BCUT2D eigenvalue weighted by Gasteiger charge is -1.92. The van der Waals surface area contributed by atoms with E-state index in [0.717, 1.165) is 0 Å². The van der Waals surface area contributed by atoms with Crippen molar-refractivity contribution >= 4 is 12.2 Å². The summed E-state index contributed by atoms with van der Waals surface area (Å²) in [6.45, 7) is 0. The first kappa shape index (κ1) is 16.8. The molecule has 2 aromatic carbocycles. The molecule has 0 unspecified atom stereocenters. The van der Waals surface area contributed by atoms with Gasteiger partial charge in [0, 0.05) is 0 Å². The van der Waals surface area contributed by atoms with Crippen LogP contribution >= 0.6 is 0 Å². The number of benzene rings is 2. The molecule has 2 aromatic rings. The van der Waals surface area contributed by atoms with E-state index >= 15 is 0 Å². The summed E-state index contributed by atoms with van der Waals surface area (Å²) in [5.41, 5.74) is 29.5. The molecular weight excluding hydrogens is 252 g/mol. The second kappa shape index (κ2) is 12.3. The summed E-state index contributed by atoms with van der Waals surface area (Å²) in [5, 5.41) is 0. The molecule has 6 heteroatoms. The van der Waals surface area contributed by atoms with E-state index in [1.807, 2.05) is 36.4 Å². The fraction of sp³-hybridized carbons (Fsp3) is 0. The van der Waals surface area contributed by atoms with E-state index in [-0.39, 0.29) is 0 Å². The zero-order valence-corrected chi connectivity index (χ0v) is 10.6. The Morgan fingerprint density at radius 1 is 0.550 bits per heavy atom. The highest BCUT2D eigenvalue weighted by molar-refractivity contribution is 5.69. The molecule has 0 atom stereocenters. The molecule has 0 N–H and O–H groups in total. The fourth-order valence-electron chi connectivity index (χ4n) is 1.32. The normalized spacial score (nSPS) is 8.20. The van der Waals surface area contributed by atoms with Crippen LogP contribution in [0.2, 0.25) is 0 Å². The standard InChI is InChI=1S/C14H12.2N3/c1-3-7-13(8-4-1)11-12-14-9-5-2-6-10-14;2*1-3-2/h1-12H;;/q;2*-1/b12-11+;;. The van der Waals surface area contributed by atoms with Gasteiger partial charge in [0.1, 0.15) is 0 Å². The van der Waals surface area contributed by atoms with Crippen LogP contribution in [0, 0.1) is 0 Å². The fourth-order valence-corrected chi connectivity index (χ4v) is 1.32. The summed E-state index contributed by atoms with van der Waals surface area (Å²) >= 11 is 0. The van der Waals surface area contributed by atoms with Crippen LogP contribution in [0.15, 0.2) is 60.7 Å². The maximum Gasteiger partial charge on any atom is -0.0256 e. The molecular formula is C14H12N6-2. The average Bonchev–Trinajstić information content (AvgIpc) is 2.49. The van der Waals surface area contributed by atoms with Crippen molar-refractivity contribution in [2.24, 2.45) is 0 Å². The van der Waals surface area contributed by atoms with Crippen LogP contribution in [-0.2, 0) is 0 Å². The zero-order valence-electron chi connectivity index (χ0n) is 10.6. The van der Waals surface area contributed by atoms with Crippen molar-refractivity contribution in [3.05, 3.63) is 104 Å². The van der Waals surface area contributed by atoms with E-state index in [1.165, 1.54) is 21.0 Å². The van der Waals surface area contributed by atoms with Crippen molar-refractivity contribution < 1.29 is 0 Å². The Morgan fingerprint density at radius 3 is 1.05 bits per heavy atom. The Morgan fingerprint density at radius 2 is 0.800 bits per heavy atom. The third-order valence-electron chi connectivity index (χ3n) is 2.07. The lowest BCUT2D eigenvalue weighted by molar-refractivity contribution is 1.65. The van der Waals surface area contributed by atoms with Crippen LogP contribution in [0.1, 0.15) is 11.1 Å². The summed E-state index contributed by atoms with van der Waals surface area (Å²) in [7, 11) is 0. The van der Waals surface area contributed by atoms with Gasteiger partial charge in [-0.1, -0.05) is 72.8 Å². The largest absolute Gasteiger partial charge is 0.373 e. The summed E-state index contributed by atoms with van der Waals surface area (Å²) in [5.74, 6) is 0. The lowest BCUT2D eigenvalue weighted by atomic mass is 10.1.